The number of aryl methyl sites for hydroxylation is 2. The fourth-order valence-electron chi connectivity index (χ4n) is 7.07. The summed E-state index contributed by atoms with van der Waals surface area (Å²) in [5, 5.41) is 115. The van der Waals surface area contributed by atoms with E-state index in [-0.39, 0.29) is 77.2 Å². The summed E-state index contributed by atoms with van der Waals surface area (Å²) >= 11 is 1.15. The molecule has 0 amide bonds. The molecule has 46 nitrogen and oxygen atoms in total. The van der Waals surface area contributed by atoms with Gasteiger partial charge < -0.3 is 90.9 Å². The first-order chi connectivity index (χ1) is 52.9. The molecule has 48 heteroatoms. The number of halogens is 1. The van der Waals surface area contributed by atoms with Crippen LogP contribution >= 0.6 is 23.7 Å². The molecule has 0 bridgehead atoms. The van der Waals surface area contributed by atoms with Crippen molar-refractivity contribution in [3.8, 4) is 0 Å². The topological polar surface area (TPSA) is 736 Å². The number of anilines is 1. The number of benzene rings is 2. The van der Waals surface area contributed by atoms with Gasteiger partial charge in [0.1, 0.15) is 28.9 Å². The molecule has 592 valence electrons. The van der Waals surface area contributed by atoms with E-state index < -0.39 is 71.6 Å². The van der Waals surface area contributed by atoms with Gasteiger partial charge >= 0.3 is 71.6 Å². The van der Waals surface area contributed by atoms with Crippen molar-refractivity contribution < 1.29 is 123 Å². The Bertz CT molecular complexity index is 4640. The smallest absolute Gasteiger partial charge is 0.375 e. The van der Waals surface area contributed by atoms with Gasteiger partial charge in [-0.05, 0) is 79.5 Å². The third kappa shape index (κ3) is 39.5. The van der Waals surface area contributed by atoms with Gasteiger partial charge in [-0.3, -0.25) is 29.6 Å². The van der Waals surface area contributed by atoms with Gasteiger partial charge in [0, 0.05) is 37.5 Å². The number of nitrogens with zero attached hydrogens (tertiary/aromatic N) is 15. The summed E-state index contributed by atoms with van der Waals surface area (Å²) in [7, 11) is 2.92. The fraction of sp³-hybridized carbons (Fsp3) is 0.156. The predicted molar refractivity (Wildman–Crippen MR) is 383 cm³/mol. The van der Waals surface area contributed by atoms with Crippen LogP contribution in [0, 0.1) is 12.8 Å². The highest BCUT2D eigenvalue weighted by Gasteiger charge is 2.19. The lowest BCUT2D eigenvalue weighted by Gasteiger charge is -2.17. The number of oxazole rings is 1. The first-order valence-corrected chi connectivity index (χ1v) is 31.2. The van der Waals surface area contributed by atoms with E-state index in [4.69, 9.17) is 61.9 Å². The maximum Gasteiger partial charge on any atom is 0.375 e. The summed E-state index contributed by atoms with van der Waals surface area (Å²) < 4.78 is 10.2. The molecule has 11 heterocycles. The summed E-state index contributed by atoms with van der Waals surface area (Å²) in [5.74, 6) is -11.2. The number of nitrogens with two attached hydrogens (primary N) is 1. The number of piperidine rings is 1. The van der Waals surface area contributed by atoms with Gasteiger partial charge in [-0.15, -0.1) is 28.8 Å². The van der Waals surface area contributed by atoms with Crippen LogP contribution in [0.2, 0.25) is 0 Å². The van der Waals surface area contributed by atoms with Crippen LogP contribution in [-0.4, -0.2) is 243 Å². The molecule has 1 fully saturated rings. The summed E-state index contributed by atoms with van der Waals surface area (Å²) in [6, 6.07) is 18.8. The number of imidazole rings is 3. The Balaban J connectivity index is 0.000000612. The second kappa shape index (κ2) is 53.3. The normalized spacial score (nSPS) is 10.2. The van der Waals surface area contributed by atoms with E-state index in [2.05, 4.69) is 105 Å². The monoisotopic (exact) mass is 1600 g/mol. The number of ether oxygens (including phenoxy) is 1. The minimum atomic E-state index is -1.17. The number of H-pyrrole nitrogens is 4. The Labute approximate surface area is 637 Å². The minimum Gasteiger partial charge on any atom is -0.481 e. The molecule has 0 radical (unpaired) electrons. The van der Waals surface area contributed by atoms with Crippen molar-refractivity contribution in [3.05, 3.63) is 233 Å². The van der Waals surface area contributed by atoms with E-state index in [1.807, 2.05) is 30.3 Å². The second-order valence-electron chi connectivity index (χ2n) is 20.0. The number of rotatable bonds is 14. The van der Waals surface area contributed by atoms with E-state index >= 15 is 0 Å². The molecule has 0 saturated carbocycles. The Morgan fingerprint density at radius 1 is 0.598 bits per heavy atom. The number of esters is 1. The van der Waals surface area contributed by atoms with Crippen LogP contribution in [0.3, 0.4) is 0 Å². The van der Waals surface area contributed by atoms with E-state index in [0.717, 1.165) is 66.2 Å². The number of carbonyl (C=O) groups excluding carboxylic acids is 1. The highest BCUT2D eigenvalue weighted by atomic mass is 35.5. The van der Waals surface area contributed by atoms with Gasteiger partial charge in [-0.25, -0.2) is 83.0 Å². The number of aromatic nitrogens is 19. The average molecular weight is 1600 g/mol. The molecule has 0 atom stereocenters. The number of hydrogen-bond acceptors (Lipinski definition) is 31. The van der Waals surface area contributed by atoms with Crippen LogP contribution in [0.25, 0.3) is 10.8 Å². The van der Waals surface area contributed by atoms with E-state index in [1.54, 1.807) is 50.6 Å². The molecule has 0 unspecified atom stereocenters. The molecule has 10 aromatic heterocycles. The van der Waals surface area contributed by atoms with E-state index in [9.17, 15) is 57.5 Å². The number of nitrogen functional groups attached to an aromatic ring is 1. The lowest BCUT2D eigenvalue weighted by atomic mass is 9.99. The molecule has 0 aliphatic carbocycles. The lowest BCUT2D eigenvalue weighted by molar-refractivity contribution is -0.142. The number of aliphatic carboxylic acids is 3. The number of thiazole rings is 1. The minimum absolute atomic E-state index is 0. The fourth-order valence-corrected chi connectivity index (χ4v) is 7.71. The van der Waals surface area contributed by atoms with Gasteiger partial charge in [0.2, 0.25) is 23.4 Å². The molecule has 0 spiro atoms. The van der Waals surface area contributed by atoms with Crippen LogP contribution < -0.4 is 11.1 Å². The van der Waals surface area contributed by atoms with Crippen LogP contribution in [0.4, 0.5) is 5.95 Å². The van der Waals surface area contributed by atoms with Crippen molar-refractivity contribution >= 4 is 112 Å². The van der Waals surface area contributed by atoms with E-state index in [1.165, 1.54) is 98.1 Å². The number of fused-ring (bicyclic) bond motifs is 1. The number of carboxylic acids is 11. The Hall–Kier alpha value is -15.6. The second-order valence-corrected chi connectivity index (χ2v) is 20.8. The largest absolute Gasteiger partial charge is 0.481 e. The molecular formula is C64H68ClN21O25S. The maximum atomic E-state index is 10.8. The third-order valence-electron chi connectivity index (χ3n) is 12.2. The van der Waals surface area contributed by atoms with Crippen molar-refractivity contribution in [2.24, 2.45) is 13.0 Å². The Kier molecular flexibility index (Phi) is 44.9. The Morgan fingerprint density at radius 3 is 1.63 bits per heavy atom. The van der Waals surface area contributed by atoms with Crippen molar-refractivity contribution in [2.75, 3.05) is 25.9 Å². The highest BCUT2D eigenvalue weighted by Crippen LogP contribution is 2.18. The summed E-state index contributed by atoms with van der Waals surface area (Å²) in [5.41, 5.74) is 9.38. The van der Waals surface area contributed by atoms with Gasteiger partial charge in [0.25, 0.3) is 0 Å². The molecule has 112 heavy (non-hydrogen) atoms. The van der Waals surface area contributed by atoms with E-state index in [0.29, 0.717) is 21.8 Å². The quantitative estimate of drug-likeness (QED) is 0.0664. The number of carboxylic acid groups (broad SMARTS) is 11. The third-order valence-corrected chi connectivity index (χ3v) is 13.1. The van der Waals surface area contributed by atoms with Crippen molar-refractivity contribution in [1.82, 2.24) is 100 Å². The average Bonchev–Trinajstić information content (AvgIpc) is 1.01. The summed E-state index contributed by atoms with van der Waals surface area (Å²) in [6.45, 7) is 3.40. The number of hydrogen-bond donors (Lipinski definition) is 17. The van der Waals surface area contributed by atoms with Gasteiger partial charge in [0.15, 0.2) is 12.1 Å². The SMILES string of the molecule is COC(=O)c1ncn[nH]1.Cc1ncsc1C(=O)O.Cl.Cn1cncc1C(=O)O.Nc1n[nH]c(C(=O)O)n1.O=C(O)C1CCNCC1.O=C(O)Cc1ccncc1.O=C(O)Cc1cnc[nH]1.O=C(O)c1cccc2ccccc12.O=C(O)c1ccncn1.O=C(O)c1ccnnc1.O=C(O)c1cnc[nH]1.O=C(O)c1cnco1. The number of nitrogens with one attached hydrogen (secondary N) is 5. The zero-order valence-electron chi connectivity index (χ0n) is 58.1. The number of carbonyl (C=O) groups is 12. The van der Waals surface area contributed by atoms with Crippen molar-refractivity contribution in [3.63, 3.8) is 0 Å². The molecule has 1 aliphatic heterocycles. The number of aromatic amines is 4. The number of methoxy groups -OCH3 is 1. The van der Waals surface area contributed by atoms with Crippen molar-refractivity contribution in [1.29, 1.82) is 0 Å². The predicted octanol–water partition coefficient (Wildman–Crippen LogP) is 4.55. The Morgan fingerprint density at radius 2 is 1.26 bits per heavy atom. The molecule has 1 saturated heterocycles. The summed E-state index contributed by atoms with van der Waals surface area (Å²) in [6.07, 6.45) is 21.7. The zero-order chi connectivity index (χ0) is 82.6. The van der Waals surface area contributed by atoms with Gasteiger partial charge in [-0.2, -0.15) is 20.3 Å². The van der Waals surface area contributed by atoms with Crippen molar-refractivity contribution in [2.45, 2.75) is 32.6 Å². The zero-order valence-corrected chi connectivity index (χ0v) is 59.8. The van der Waals surface area contributed by atoms with Crippen LogP contribution in [0.15, 0.2) is 170 Å². The number of pyridine rings is 1. The lowest BCUT2D eigenvalue weighted by Crippen LogP contribution is -2.31. The molecular weight excluding hydrogens is 1530 g/mol. The molecule has 18 N–H and O–H groups in total. The number of aromatic carboxylic acids is 8. The van der Waals surface area contributed by atoms with Crippen LogP contribution in [0.5, 0.6) is 0 Å². The van der Waals surface area contributed by atoms with Crippen LogP contribution in [0.1, 0.15) is 123 Å². The highest BCUT2D eigenvalue weighted by molar-refractivity contribution is 7.11. The molecule has 1 aliphatic rings. The first-order valence-electron chi connectivity index (χ1n) is 30.3. The maximum absolute atomic E-state index is 10.8. The van der Waals surface area contributed by atoms with Crippen LogP contribution in [-0.2, 0) is 39.0 Å². The summed E-state index contributed by atoms with van der Waals surface area (Å²) in [4.78, 5) is 164. The van der Waals surface area contributed by atoms with Gasteiger partial charge in [-0.1, -0.05) is 36.4 Å². The molecule has 13 rings (SSSR count). The molecule has 2 aromatic carbocycles. The van der Waals surface area contributed by atoms with Gasteiger partial charge in [0.05, 0.1) is 98.2 Å². The molecule has 12 aromatic rings. The first kappa shape index (κ1) is 94.5. The standard InChI is InChI=1S/C11H8O2.C7H7NO2.C6H11NO2.2C5H6N2O2.2C5H4N2O2.C5H5NO2S.C4H5N3O2.C4H4N2O2.C4H3NO3.C3H4N4O2.ClH/c12-11(13)10-7-3-5-8-4-1-2-6-9(8)10;9-7(10)5-6-1-3-8-4-2-6;8-6(9)5-1-3-7-4-2-5;1-7-3-6-2-4(7)5(8)9;8-5(9)1-4-2-6-3-7-4;8-5(9)4-1-2-6-3-7-4;8-5(9)4-1-2-6-7-3-4;1-3-4(5(7)8)9-2-6-3;1-9-4(8)3-5-2-6-7-3;7-4(8)3-1-5-2-6-3;6-4(7)3-1-5-2-8-3;4-3-5-1(2(8)9)6-7-3;/h1-7H,(H,12,13);1-4H,5H2,(H,9,10);5,7H,1-4H2,(H,8,9);2-3H,1H3,(H,8,9);2-3H,1H2,(H,6,7)(H,8,9);2*1-3H,(H,8,9);2H,1H3,(H,7,8);2H,1H3,(H,5,6,7);1-2H,(H,5,6)(H,7,8);1-2H,(H,6,7);(H,8,9)(H3,4,5,6,7);1H.